The smallest absolute Gasteiger partial charge is 0.319 e. The third kappa shape index (κ3) is 5.40. The first-order valence-corrected chi connectivity index (χ1v) is 13.6. The molecule has 1 aliphatic heterocycles. The summed E-state index contributed by atoms with van der Waals surface area (Å²) in [6.45, 7) is 4.36. The number of amides is 2. The van der Waals surface area contributed by atoms with E-state index in [1.807, 2.05) is 24.4 Å². The fourth-order valence-electron chi connectivity index (χ4n) is 6.01. The Morgan fingerprint density at radius 2 is 1.81 bits per heavy atom. The molecule has 2 amide bonds. The summed E-state index contributed by atoms with van der Waals surface area (Å²) in [6, 6.07) is 16.9. The van der Waals surface area contributed by atoms with Crippen LogP contribution < -0.4 is 10.6 Å². The van der Waals surface area contributed by atoms with Gasteiger partial charge < -0.3 is 15.4 Å². The third-order valence-corrected chi connectivity index (χ3v) is 8.15. The van der Waals surface area contributed by atoms with Crippen molar-refractivity contribution in [2.75, 3.05) is 31.6 Å². The summed E-state index contributed by atoms with van der Waals surface area (Å²) in [6.07, 6.45) is 9.88. The molecule has 6 rings (SSSR count). The van der Waals surface area contributed by atoms with Crippen LogP contribution in [0.1, 0.15) is 44.2 Å². The number of aromatic nitrogens is 1. The molecule has 3 aromatic rings. The summed E-state index contributed by atoms with van der Waals surface area (Å²) >= 11 is 0. The van der Waals surface area contributed by atoms with E-state index in [1.54, 1.807) is 0 Å². The molecule has 1 saturated heterocycles. The molecule has 2 unspecified atom stereocenters. The zero-order chi connectivity index (χ0) is 24.3. The van der Waals surface area contributed by atoms with E-state index in [4.69, 9.17) is 9.72 Å². The second-order valence-corrected chi connectivity index (χ2v) is 10.7. The number of rotatable bonds is 7. The van der Waals surface area contributed by atoms with Crippen molar-refractivity contribution in [1.29, 1.82) is 0 Å². The van der Waals surface area contributed by atoms with Gasteiger partial charge in [0.05, 0.1) is 24.6 Å². The number of morpholine rings is 1. The molecule has 6 heteroatoms. The third-order valence-electron chi connectivity index (χ3n) is 8.15. The van der Waals surface area contributed by atoms with Gasteiger partial charge in [-0.05, 0) is 47.8 Å². The van der Waals surface area contributed by atoms with E-state index >= 15 is 0 Å². The van der Waals surface area contributed by atoms with Crippen LogP contribution in [0.15, 0.2) is 54.7 Å². The highest BCUT2D eigenvalue weighted by atomic mass is 16.5. The van der Waals surface area contributed by atoms with Crippen molar-refractivity contribution in [2.24, 2.45) is 11.8 Å². The van der Waals surface area contributed by atoms with E-state index < -0.39 is 0 Å². The number of carbonyl (C=O) groups is 1. The van der Waals surface area contributed by atoms with Gasteiger partial charge in [0.25, 0.3) is 0 Å². The highest BCUT2D eigenvalue weighted by Gasteiger charge is 2.40. The molecule has 188 valence electrons. The van der Waals surface area contributed by atoms with Gasteiger partial charge in [-0.3, -0.25) is 9.88 Å². The minimum absolute atomic E-state index is 0.0963. The van der Waals surface area contributed by atoms with Crippen molar-refractivity contribution in [3.8, 4) is 11.1 Å². The summed E-state index contributed by atoms with van der Waals surface area (Å²) < 4.78 is 5.45. The van der Waals surface area contributed by atoms with Gasteiger partial charge in [0.15, 0.2) is 0 Å². The lowest BCUT2D eigenvalue weighted by atomic mass is 9.98. The molecule has 2 atom stereocenters. The summed E-state index contributed by atoms with van der Waals surface area (Å²) in [7, 11) is 0. The van der Waals surface area contributed by atoms with Crippen LogP contribution in [-0.4, -0.2) is 48.3 Å². The number of fused-ring (bicyclic) bond motifs is 1. The molecule has 2 N–H and O–H groups in total. The van der Waals surface area contributed by atoms with Crippen molar-refractivity contribution in [1.82, 2.24) is 15.2 Å². The van der Waals surface area contributed by atoms with Gasteiger partial charge in [0.1, 0.15) is 0 Å². The van der Waals surface area contributed by atoms with Crippen molar-refractivity contribution in [3.63, 3.8) is 0 Å². The molecule has 0 spiro atoms. The maximum absolute atomic E-state index is 12.8. The van der Waals surface area contributed by atoms with E-state index in [2.05, 4.69) is 45.9 Å². The SMILES string of the molecule is O=C(Nc1ccc(-c2ccc(CN3CCOCC3)nc2)c2ccccc12)NC1CC1CC1CCCC1. The van der Waals surface area contributed by atoms with Crippen molar-refractivity contribution in [3.05, 3.63) is 60.4 Å². The van der Waals surface area contributed by atoms with Crippen LogP contribution in [0.4, 0.5) is 10.5 Å². The number of anilines is 1. The van der Waals surface area contributed by atoms with Crippen molar-refractivity contribution >= 4 is 22.5 Å². The lowest BCUT2D eigenvalue weighted by molar-refractivity contribution is 0.0336. The van der Waals surface area contributed by atoms with Crippen LogP contribution in [0.2, 0.25) is 0 Å². The molecular formula is C30H36N4O2. The number of urea groups is 1. The van der Waals surface area contributed by atoms with E-state index in [0.717, 1.165) is 78.5 Å². The highest BCUT2D eigenvalue weighted by Crippen LogP contribution is 2.41. The molecule has 36 heavy (non-hydrogen) atoms. The van der Waals surface area contributed by atoms with Crippen molar-refractivity contribution in [2.45, 2.75) is 51.1 Å². The molecule has 3 fully saturated rings. The number of carbonyl (C=O) groups excluding carboxylic acids is 1. The fourth-order valence-corrected chi connectivity index (χ4v) is 6.01. The molecular weight excluding hydrogens is 448 g/mol. The van der Waals surface area contributed by atoms with Crippen LogP contribution in [0.25, 0.3) is 21.9 Å². The molecule has 0 radical (unpaired) electrons. The Labute approximate surface area is 213 Å². The first kappa shape index (κ1) is 23.4. The van der Waals surface area contributed by atoms with Gasteiger partial charge in [-0.2, -0.15) is 0 Å². The fraction of sp³-hybridized carbons (Fsp3) is 0.467. The molecule has 2 heterocycles. The topological polar surface area (TPSA) is 66.5 Å². The normalized spacial score (nSPS) is 22.6. The Morgan fingerprint density at radius 3 is 2.58 bits per heavy atom. The average Bonchev–Trinajstić information content (AvgIpc) is 3.40. The van der Waals surface area contributed by atoms with Crippen LogP contribution in [0.5, 0.6) is 0 Å². The summed E-state index contributed by atoms with van der Waals surface area (Å²) in [5.41, 5.74) is 4.13. The summed E-state index contributed by atoms with van der Waals surface area (Å²) in [4.78, 5) is 19.9. The molecule has 2 aliphatic carbocycles. The monoisotopic (exact) mass is 484 g/mol. The summed E-state index contributed by atoms with van der Waals surface area (Å²) in [5, 5.41) is 8.48. The number of pyridine rings is 1. The molecule has 1 aromatic heterocycles. The number of ether oxygens (including phenoxy) is 1. The maximum Gasteiger partial charge on any atom is 0.319 e. The van der Waals surface area contributed by atoms with Gasteiger partial charge in [0, 0.05) is 42.8 Å². The zero-order valence-electron chi connectivity index (χ0n) is 20.9. The Morgan fingerprint density at radius 1 is 1.00 bits per heavy atom. The first-order valence-electron chi connectivity index (χ1n) is 13.6. The maximum atomic E-state index is 12.8. The molecule has 0 bridgehead atoms. The quantitative estimate of drug-likeness (QED) is 0.443. The Bertz CT molecular complexity index is 1200. The van der Waals surface area contributed by atoms with Gasteiger partial charge >= 0.3 is 6.03 Å². The molecule has 2 saturated carbocycles. The molecule has 3 aliphatic rings. The number of benzene rings is 2. The largest absolute Gasteiger partial charge is 0.379 e. The predicted octanol–water partition coefficient (Wildman–Crippen LogP) is 5.82. The Hall–Kier alpha value is -2.96. The number of hydrogen-bond acceptors (Lipinski definition) is 4. The highest BCUT2D eigenvalue weighted by molar-refractivity contribution is 6.07. The van der Waals surface area contributed by atoms with E-state index in [9.17, 15) is 4.79 Å². The Balaban J connectivity index is 1.13. The first-order chi connectivity index (χ1) is 17.7. The van der Waals surface area contributed by atoms with Crippen LogP contribution in [0, 0.1) is 11.8 Å². The van der Waals surface area contributed by atoms with Gasteiger partial charge in [-0.25, -0.2) is 4.79 Å². The summed E-state index contributed by atoms with van der Waals surface area (Å²) in [5.74, 6) is 1.54. The second-order valence-electron chi connectivity index (χ2n) is 10.7. The van der Waals surface area contributed by atoms with Gasteiger partial charge in [-0.1, -0.05) is 62.1 Å². The number of nitrogens with one attached hydrogen (secondary N) is 2. The molecule has 2 aromatic carbocycles. The van der Waals surface area contributed by atoms with E-state index in [-0.39, 0.29) is 6.03 Å². The van der Waals surface area contributed by atoms with E-state index in [1.165, 1.54) is 32.1 Å². The standard InChI is InChI=1S/C30H36N4O2/c35-30(33-29-18-23(29)17-21-5-1-2-6-21)32-28-12-11-25(26-7-3-4-8-27(26)28)22-9-10-24(31-19-22)20-34-13-15-36-16-14-34/h3-4,7-12,19,21,23,29H,1-2,5-6,13-18,20H2,(H2,32,33,35). The van der Waals surface area contributed by atoms with Gasteiger partial charge in [-0.15, -0.1) is 0 Å². The van der Waals surface area contributed by atoms with Crippen LogP contribution in [0.3, 0.4) is 0 Å². The zero-order valence-corrected chi connectivity index (χ0v) is 20.9. The van der Waals surface area contributed by atoms with Crippen LogP contribution >= 0.6 is 0 Å². The van der Waals surface area contributed by atoms with Gasteiger partial charge in [0.2, 0.25) is 0 Å². The lowest BCUT2D eigenvalue weighted by Crippen LogP contribution is -2.35. The minimum Gasteiger partial charge on any atom is -0.379 e. The number of hydrogen-bond donors (Lipinski definition) is 2. The molecule has 6 nitrogen and oxygen atoms in total. The van der Waals surface area contributed by atoms with Crippen molar-refractivity contribution < 1.29 is 9.53 Å². The lowest BCUT2D eigenvalue weighted by Gasteiger charge is -2.26. The second kappa shape index (κ2) is 10.6. The van der Waals surface area contributed by atoms with E-state index in [0.29, 0.717) is 12.0 Å². The average molecular weight is 485 g/mol. The minimum atomic E-state index is -0.0963. The Kier molecular flexibility index (Phi) is 6.88. The predicted molar refractivity (Wildman–Crippen MR) is 144 cm³/mol. The van der Waals surface area contributed by atoms with Crippen LogP contribution in [-0.2, 0) is 11.3 Å². The number of nitrogens with zero attached hydrogens (tertiary/aromatic N) is 2.